The van der Waals surface area contributed by atoms with Gasteiger partial charge in [-0.25, -0.2) is 4.99 Å². The molecule has 3 rings (SSSR count). The molecule has 3 atom stereocenters. The maximum absolute atomic E-state index is 9.90. The number of aliphatic imine (C=N–C) groups is 1. The van der Waals surface area contributed by atoms with E-state index in [1.807, 2.05) is 0 Å². The van der Waals surface area contributed by atoms with Crippen LogP contribution in [0.2, 0.25) is 10.0 Å². The summed E-state index contributed by atoms with van der Waals surface area (Å²) in [4.78, 5) is 4.13. The van der Waals surface area contributed by atoms with Crippen LogP contribution < -0.4 is 5.73 Å². The summed E-state index contributed by atoms with van der Waals surface area (Å²) in [6.07, 6.45) is 0. The third-order valence-electron chi connectivity index (χ3n) is 4.77. The van der Waals surface area contributed by atoms with Crippen molar-refractivity contribution in [1.29, 1.82) is 10.5 Å². The van der Waals surface area contributed by atoms with Crippen LogP contribution in [-0.2, 0) is 9.47 Å². The largest absolute Gasteiger partial charge is 0.386 e. The zero-order valence-electron chi connectivity index (χ0n) is 12.3. The summed E-state index contributed by atoms with van der Waals surface area (Å²) in [6, 6.07) is 9.32. The molecule has 8 heteroatoms. The number of hydrogen-bond acceptors (Lipinski definition) is 6. The van der Waals surface area contributed by atoms with Crippen molar-refractivity contribution in [2.24, 2.45) is 21.6 Å². The molecule has 3 unspecified atom stereocenters. The third kappa shape index (κ3) is 1.48. The Morgan fingerprint density at radius 3 is 2.39 bits per heavy atom. The van der Waals surface area contributed by atoms with E-state index in [1.54, 1.807) is 18.2 Å². The Morgan fingerprint density at radius 2 is 1.87 bits per heavy atom. The minimum atomic E-state index is -1.67. The summed E-state index contributed by atoms with van der Waals surface area (Å²) in [5, 5.41) is 20.3. The molecule has 0 saturated heterocycles. The fourth-order valence-electron chi connectivity index (χ4n) is 3.73. The van der Waals surface area contributed by atoms with Gasteiger partial charge in [0.2, 0.25) is 0 Å². The second kappa shape index (κ2) is 4.83. The van der Waals surface area contributed by atoms with Crippen LogP contribution in [0.4, 0.5) is 0 Å². The van der Waals surface area contributed by atoms with Gasteiger partial charge in [-0.2, -0.15) is 10.5 Å². The number of rotatable bonds is 3. The lowest BCUT2D eigenvalue weighted by molar-refractivity contribution is -0.230. The van der Waals surface area contributed by atoms with E-state index in [2.05, 4.69) is 17.1 Å². The number of benzene rings is 1. The lowest BCUT2D eigenvalue weighted by atomic mass is 9.93. The Balaban J connectivity index is 2.30. The van der Waals surface area contributed by atoms with E-state index < -0.39 is 22.7 Å². The smallest absolute Gasteiger partial charge is 0.292 e. The summed E-state index contributed by atoms with van der Waals surface area (Å²) in [7, 11) is 2.70. The monoisotopic (exact) mass is 350 g/mol. The van der Waals surface area contributed by atoms with Crippen LogP contribution in [0.1, 0.15) is 11.5 Å². The molecule has 1 aliphatic heterocycles. The molecule has 1 aromatic carbocycles. The summed E-state index contributed by atoms with van der Waals surface area (Å²) in [6.45, 7) is 0. The van der Waals surface area contributed by atoms with E-state index in [-0.39, 0.29) is 10.9 Å². The van der Waals surface area contributed by atoms with Gasteiger partial charge in [0.25, 0.3) is 5.91 Å². The molecule has 0 radical (unpaired) electrons. The summed E-state index contributed by atoms with van der Waals surface area (Å²) >= 11 is 12.4. The van der Waals surface area contributed by atoms with Gasteiger partial charge in [0.15, 0.2) is 5.41 Å². The number of nitrogens with zero attached hydrogens (tertiary/aromatic N) is 3. The Labute approximate surface area is 143 Å². The van der Waals surface area contributed by atoms with Crippen molar-refractivity contribution in [1.82, 2.24) is 0 Å². The van der Waals surface area contributed by atoms with Gasteiger partial charge >= 0.3 is 0 Å². The van der Waals surface area contributed by atoms with Gasteiger partial charge in [0.05, 0.1) is 22.2 Å². The van der Waals surface area contributed by atoms with Crippen molar-refractivity contribution in [3.05, 3.63) is 33.8 Å². The second-order valence-corrected chi connectivity index (χ2v) is 6.19. The molecule has 0 spiro atoms. The molecule has 1 aliphatic carbocycles. The first-order valence-corrected chi connectivity index (χ1v) is 7.40. The number of halogens is 2. The predicted octanol–water partition coefficient (Wildman–Crippen LogP) is 2.43. The number of hydrogen-bond donors (Lipinski definition) is 1. The van der Waals surface area contributed by atoms with Crippen molar-refractivity contribution in [3.63, 3.8) is 0 Å². The highest BCUT2D eigenvalue weighted by molar-refractivity contribution is 6.42. The van der Waals surface area contributed by atoms with Gasteiger partial charge in [0.1, 0.15) is 11.3 Å². The molecular formula is C15H12Cl2N4O2. The van der Waals surface area contributed by atoms with Gasteiger partial charge in [-0.1, -0.05) is 35.3 Å². The lowest BCUT2D eigenvalue weighted by Gasteiger charge is -2.29. The average molecular weight is 351 g/mol. The van der Waals surface area contributed by atoms with Crippen LogP contribution in [-0.4, -0.2) is 26.0 Å². The number of fused-ring (bicyclic) bond motifs is 1. The molecule has 6 nitrogen and oxygen atoms in total. The van der Waals surface area contributed by atoms with E-state index in [4.69, 9.17) is 38.4 Å². The highest BCUT2D eigenvalue weighted by atomic mass is 35.5. The third-order valence-corrected chi connectivity index (χ3v) is 5.61. The second-order valence-electron chi connectivity index (χ2n) is 5.40. The first-order chi connectivity index (χ1) is 10.9. The molecule has 23 heavy (non-hydrogen) atoms. The minimum absolute atomic E-state index is 0.00806. The van der Waals surface area contributed by atoms with Crippen molar-refractivity contribution in [2.45, 2.75) is 11.8 Å². The molecular weight excluding hydrogens is 339 g/mol. The highest BCUT2D eigenvalue weighted by Crippen LogP contribution is 2.82. The fraction of sp³-hybridized carbons (Fsp3) is 0.400. The van der Waals surface area contributed by atoms with Crippen molar-refractivity contribution in [3.8, 4) is 12.1 Å². The molecule has 1 fully saturated rings. The summed E-state index contributed by atoms with van der Waals surface area (Å²) in [5.74, 6) is -2.34. The molecule has 1 saturated carbocycles. The van der Waals surface area contributed by atoms with Crippen LogP contribution in [0.5, 0.6) is 0 Å². The maximum Gasteiger partial charge on any atom is 0.292 e. The zero-order valence-corrected chi connectivity index (χ0v) is 13.8. The van der Waals surface area contributed by atoms with Crippen LogP contribution >= 0.6 is 23.2 Å². The van der Waals surface area contributed by atoms with E-state index >= 15 is 0 Å². The first kappa shape index (κ1) is 16.0. The highest BCUT2D eigenvalue weighted by Gasteiger charge is 2.93. The van der Waals surface area contributed by atoms with Gasteiger partial charge in [0, 0.05) is 20.1 Å². The van der Waals surface area contributed by atoms with Crippen LogP contribution in [0.15, 0.2) is 23.2 Å². The van der Waals surface area contributed by atoms with Crippen LogP contribution in [0.3, 0.4) is 0 Å². The predicted molar refractivity (Wildman–Crippen MR) is 83.7 cm³/mol. The topological polar surface area (TPSA) is 104 Å². The lowest BCUT2D eigenvalue weighted by Crippen LogP contribution is -2.41. The van der Waals surface area contributed by atoms with Crippen molar-refractivity contribution >= 4 is 29.0 Å². The molecule has 1 heterocycles. The van der Waals surface area contributed by atoms with Gasteiger partial charge < -0.3 is 15.2 Å². The fourth-order valence-corrected chi connectivity index (χ4v) is 4.15. The summed E-state index contributed by atoms with van der Waals surface area (Å²) < 4.78 is 10.8. The van der Waals surface area contributed by atoms with Gasteiger partial charge in [-0.15, -0.1) is 0 Å². The minimum Gasteiger partial charge on any atom is -0.386 e. The van der Waals surface area contributed by atoms with E-state index in [0.29, 0.717) is 10.6 Å². The molecule has 2 aliphatic rings. The van der Waals surface area contributed by atoms with Gasteiger partial charge in [-0.3, -0.25) is 0 Å². The molecule has 118 valence electrons. The summed E-state index contributed by atoms with van der Waals surface area (Å²) in [5.41, 5.74) is 3.74. The molecule has 2 N–H and O–H groups in total. The molecule has 0 bridgehead atoms. The number of ether oxygens (including phenoxy) is 2. The number of methoxy groups -OCH3 is 2. The number of nitrogens with two attached hydrogens (primary N) is 1. The van der Waals surface area contributed by atoms with Crippen LogP contribution in [0.25, 0.3) is 0 Å². The normalized spacial score (nSPS) is 33.3. The Kier molecular flexibility index (Phi) is 3.37. The SMILES string of the molecule is COC1(OC)N=C(N)C2(C#N)C(c3cccc(Cl)c3Cl)C12C#N. The average Bonchev–Trinajstić information content (AvgIpc) is 3.12. The Hall–Kier alpha value is -1.83. The number of nitriles is 2. The van der Waals surface area contributed by atoms with E-state index in [1.165, 1.54) is 14.2 Å². The molecule has 1 aromatic rings. The van der Waals surface area contributed by atoms with E-state index in [9.17, 15) is 10.5 Å². The first-order valence-electron chi connectivity index (χ1n) is 6.65. The standard InChI is InChI=1S/C15H12Cl2N4O2/c1-22-15(23-2)14(7-19)11(13(14,6-18)12(20)21-15)8-4-3-5-9(16)10(8)17/h3-5,11H,1-2H3,(H2,20,21). The Bertz CT molecular complexity index is 809. The maximum atomic E-state index is 9.90. The van der Waals surface area contributed by atoms with E-state index in [0.717, 1.165) is 0 Å². The molecule has 0 amide bonds. The van der Waals surface area contributed by atoms with Crippen molar-refractivity contribution < 1.29 is 9.47 Å². The zero-order chi connectivity index (χ0) is 17.0. The Morgan fingerprint density at radius 1 is 1.22 bits per heavy atom. The number of amidine groups is 1. The van der Waals surface area contributed by atoms with Crippen molar-refractivity contribution in [2.75, 3.05) is 14.2 Å². The van der Waals surface area contributed by atoms with Crippen LogP contribution in [0, 0.1) is 33.5 Å². The van der Waals surface area contributed by atoms with Gasteiger partial charge in [-0.05, 0) is 11.6 Å². The quantitative estimate of drug-likeness (QED) is 0.842. The molecule has 0 aromatic heterocycles.